The van der Waals surface area contributed by atoms with Gasteiger partial charge in [0.2, 0.25) is 0 Å². The summed E-state index contributed by atoms with van der Waals surface area (Å²) in [4.78, 5) is 0. The maximum absolute atomic E-state index is 10.2. The summed E-state index contributed by atoms with van der Waals surface area (Å²) in [5.41, 5.74) is 0.923. The number of nitrogens with one attached hydrogen (secondary N) is 1. The molecular formula is C15H23NOS. The minimum absolute atomic E-state index is 0.458. The lowest BCUT2D eigenvalue weighted by Gasteiger charge is -2.24. The summed E-state index contributed by atoms with van der Waals surface area (Å²) < 4.78 is 0. The second-order valence-corrected chi connectivity index (χ2v) is 6.44. The molecule has 0 saturated carbocycles. The van der Waals surface area contributed by atoms with E-state index in [-0.39, 0.29) is 0 Å². The SMILES string of the molecule is CC(CCc1ccccc1)NCC1(O)CCSC1. The Morgan fingerprint density at radius 1 is 1.39 bits per heavy atom. The van der Waals surface area contributed by atoms with Gasteiger partial charge < -0.3 is 10.4 Å². The maximum Gasteiger partial charge on any atom is 0.0869 e. The van der Waals surface area contributed by atoms with Crippen LogP contribution in [-0.2, 0) is 6.42 Å². The molecule has 2 atom stereocenters. The van der Waals surface area contributed by atoms with Gasteiger partial charge in [0.1, 0.15) is 0 Å². The van der Waals surface area contributed by atoms with Crippen LogP contribution in [0.1, 0.15) is 25.3 Å². The molecule has 2 N–H and O–H groups in total. The first-order valence-corrected chi connectivity index (χ1v) is 7.91. The van der Waals surface area contributed by atoms with Crippen molar-refractivity contribution in [2.75, 3.05) is 18.1 Å². The van der Waals surface area contributed by atoms with E-state index in [1.54, 1.807) is 0 Å². The fraction of sp³-hybridized carbons (Fsp3) is 0.600. The van der Waals surface area contributed by atoms with Crippen LogP contribution in [0.3, 0.4) is 0 Å². The van der Waals surface area contributed by atoms with Crippen molar-refractivity contribution in [3.05, 3.63) is 35.9 Å². The van der Waals surface area contributed by atoms with Gasteiger partial charge in [-0.3, -0.25) is 0 Å². The Labute approximate surface area is 114 Å². The van der Waals surface area contributed by atoms with Crippen LogP contribution in [0, 0.1) is 0 Å². The molecule has 0 amide bonds. The van der Waals surface area contributed by atoms with Crippen LogP contribution < -0.4 is 5.32 Å². The first-order valence-electron chi connectivity index (χ1n) is 6.75. The van der Waals surface area contributed by atoms with E-state index >= 15 is 0 Å². The standard InChI is InChI=1S/C15H23NOS/c1-13(7-8-14-5-3-2-4-6-14)16-11-15(17)9-10-18-12-15/h2-6,13,16-17H,7-12H2,1H3. The Bertz CT molecular complexity index is 349. The van der Waals surface area contributed by atoms with Crippen LogP contribution in [0.4, 0.5) is 0 Å². The molecule has 2 nitrogen and oxygen atoms in total. The van der Waals surface area contributed by atoms with Crippen molar-refractivity contribution in [1.29, 1.82) is 0 Å². The Morgan fingerprint density at radius 3 is 2.83 bits per heavy atom. The fourth-order valence-corrected chi connectivity index (χ4v) is 3.53. The van der Waals surface area contributed by atoms with Crippen LogP contribution in [0.25, 0.3) is 0 Å². The average molecular weight is 265 g/mol. The molecule has 1 fully saturated rings. The quantitative estimate of drug-likeness (QED) is 0.829. The van der Waals surface area contributed by atoms with E-state index in [2.05, 4.69) is 42.6 Å². The lowest BCUT2D eigenvalue weighted by atomic mass is 10.0. The molecule has 0 aromatic heterocycles. The van der Waals surface area contributed by atoms with E-state index in [0.717, 1.165) is 37.3 Å². The van der Waals surface area contributed by atoms with Gasteiger partial charge in [-0.1, -0.05) is 30.3 Å². The predicted octanol–water partition coefficient (Wildman–Crippen LogP) is 2.47. The topological polar surface area (TPSA) is 32.3 Å². The third-order valence-corrected chi connectivity index (χ3v) is 4.81. The van der Waals surface area contributed by atoms with Crippen molar-refractivity contribution >= 4 is 11.8 Å². The summed E-state index contributed by atoms with van der Waals surface area (Å²) in [5.74, 6) is 1.97. The number of rotatable bonds is 6. The van der Waals surface area contributed by atoms with Crippen molar-refractivity contribution < 1.29 is 5.11 Å². The summed E-state index contributed by atoms with van der Waals surface area (Å²) in [6, 6.07) is 11.0. The number of aliphatic hydroxyl groups is 1. The molecule has 0 spiro atoms. The molecule has 0 bridgehead atoms. The highest BCUT2D eigenvalue weighted by Crippen LogP contribution is 2.27. The second kappa shape index (κ2) is 6.60. The van der Waals surface area contributed by atoms with Crippen LogP contribution in [0.5, 0.6) is 0 Å². The van der Waals surface area contributed by atoms with Crippen LogP contribution >= 0.6 is 11.8 Å². The minimum atomic E-state index is -0.467. The van der Waals surface area contributed by atoms with Crippen LogP contribution in [-0.4, -0.2) is 34.8 Å². The highest BCUT2D eigenvalue weighted by Gasteiger charge is 2.31. The van der Waals surface area contributed by atoms with E-state index < -0.39 is 5.60 Å². The second-order valence-electron chi connectivity index (χ2n) is 5.33. The summed E-state index contributed by atoms with van der Waals surface area (Å²) in [5, 5.41) is 13.7. The lowest BCUT2D eigenvalue weighted by Crippen LogP contribution is -2.43. The van der Waals surface area contributed by atoms with Gasteiger partial charge in [-0.05, 0) is 37.5 Å². The number of hydrogen-bond acceptors (Lipinski definition) is 3. The molecule has 1 aromatic carbocycles. The third kappa shape index (κ3) is 4.30. The Kier molecular flexibility index (Phi) is 5.10. The van der Waals surface area contributed by atoms with Crippen LogP contribution in [0.15, 0.2) is 30.3 Å². The summed E-state index contributed by atoms with van der Waals surface area (Å²) in [6.07, 6.45) is 3.14. The van der Waals surface area contributed by atoms with Crippen molar-refractivity contribution in [1.82, 2.24) is 5.32 Å². The number of hydrogen-bond donors (Lipinski definition) is 2. The zero-order chi connectivity index (χ0) is 12.8. The predicted molar refractivity (Wildman–Crippen MR) is 79.1 cm³/mol. The first-order chi connectivity index (χ1) is 8.68. The van der Waals surface area contributed by atoms with Gasteiger partial charge in [-0.2, -0.15) is 11.8 Å². The largest absolute Gasteiger partial charge is 0.388 e. The molecule has 1 heterocycles. The monoisotopic (exact) mass is 265 g/mol. The molecule has 0 aliphatic carbocycles. The highest BCUT2D eigenvalue weighted by atomic mass is 32.2. The molecule has 100 valence electrons. The summed E-state index contributed by atoms with van der Waals surface area (Å²) in [7, 11) is 0. The molecule has 18 heavy (non-hydrogen) atoms. The van der Waals surface area contributed by atoms with Gasteiger partial charge in [0.25, 0.3) is 0 Å². The lowest BCUT2D eigenvalue weighted by molar-refractivity contribution is 0.0649. The number of benzene rings is 1. The third-order valence-electron chi connectivity index (χ3n) is 3.57. The Morgan fingerprint density at radius 2 is 2.17 bits per heavy atom. The molecule has 1 aromatic rings. The van der Waals surface area contributed by atoms with Crippen molar-refractivity contribution in [2.45, 2.75) is 37.8 Å². The summed E-state index contributed by atoms with van der Waals surface area (Å²) >= 11 is 1.85. The molecule has 0 radical (unpaired) electrons. The van der Waals surface area contributed by atoms with Gasteiger partial charge in [0, 0.05) is 18.3 Å². The smallest absolute Gasteiger partial charge is 0.0869 e. The molecule has 3 heteroatoms. The fourth-order valence-electron chi connectivity index (χ4n) is 2.23. The van der Waals surface area contributed by atoms with Crippen LogP contribution in [0.2, 0.25) is 0 Å². The minimum Gasteiger partial charge on any atom is -0.388 e. The van der Waals surface area contributed by atoms with E-state index in [0.29, 0.717) is 6.04 Å². The van der Waals surface area contributed by atoms with E-state index in [4.69, 9.17) is 0 Å². The van der Waals surface area contributed by atoms with Gasteiger partial charge in [-0.25, -0.2) is 0 Å². The van der Waals surface area contributed by atoms with Gasteiger partial charge >= 0.3 is 0 Å². The van der Waals surface area contributed by atoms with Crippen molar-refractivity contribution in [2.24, 2.45) is 0 Å². The van der Waals surface area contributed by atoms with Crippen molar-refractivity contribution in [3.8, 4) is 0 Å². The normalized spacial score (nSPS) is 25.2. The molecular weight excluding hydrogens is 242 g/mol. The molecule has 2 unspecified atom stereocenters. The number of thioether (sulfide) groups is 1. The Hall–Kier alpha value is -0.510. The zero-order valence-corrected chi connectivity index (χ0v) is 11.9. The van der Waals surface area contributed by atoms with Gasteiger partial charge in [0.05, 0.1) is 5.60 Å². The van der Waals surface area contributed by atoms with Gasteiger partial charge in [0.15, 0.2) is 0 Å². The Balaban J connectivity index is 1.67. The maximum atomic E-state index is 10.2. The van der Waals surface area contributed by atoms with E-state index in [1.165, 1.54) is 5.56 Å². The molecule has 2 rings (SSSR count). The summed E-state index contributed by atoms with van der Waals surface area (Å²) in [6.45, 7) is 2.93. The van der Waals surface area contributed by atoms with E-state index in [1.807, 2.05) is 11.8 Å². The molecule has 1 aliphatic rings. The van der Waals surface area contributed by atoms with Crippen molar-refractivity contribution in [3.63, 3.8) is 0 Å². The molecule has 1 aliphatic heterocycles. The van der Waals surface area contributed by atoms with Gasteiger partial charge in [-0.15, -0.1) is 0 Å². The van der Waals surface area contributed by atoms with E-state index in [9.17, 15) is 5.11 Å². The average Bonchev–Trinajstić information content (AvgIpc) is 2.83. The number of aryl methyl sites for hydroxylation is 1. The molecule has 1 saturated heterocycles. The highest BCUT2D eigenvalue weighted by molar-refractivity contribution is 7.99. The first kappa shape index (κ1) is 13.9. The zero-order valence-electron chi connectivity index (χ0n) is 11.1.